The Morgan fingerprint density at radius 3 is 2.07 bits per heavy atom. The van der Waals surface area contributed by atoms with Crippen LogP contribution in [0.15, 0.2) is 0 Å². The summed E-state index contributed by atoms with van der Waals surface area (Å²) in [5.74, 6) is -0.776. The van der Waals surface area contributed by atoms with Crippen LogP contribution in [0.2, 0.25) is 0 Å². The summed E-state index contributed by atoms with van der Waals surface area (Å²) < 4.78 is 55.7. The van der Waals surface area contributed by atoms with Crippen LogP contribution in [0.25, 0.3) is 0 Å². The first-order valence-electron chi connectivity index (χ1n) is 8.44. The summed E-state index contributed by atoms with van der Waals surface area (Å²) >= 11 is 0. The average Bonchev–Trinajstić information content (AvgIpc) is 2.64. The molecule has 6 N–H and O–H groups in total. The molecule has 2 rings (SSSR count). The van der Waals surface area contributed by atoms with E-state index in [1.165, 1.54) is 14.0 Å². The lowest BCUT2D eigenvalue weighted by molar-refractivity contribution is -0.352. The highest BCUT2D eigenvalue weighted by atomic mass is 32.3. The molecule has 0 radical (unpaired) electrons. The molecule has 0 aliphatic carbocycles. The maximum atomic E-state index is 10.9. The van der Waals surface area contributed by atoms with Gasteiger partial charge in [-0.05, 0) is 0 Å². The fraction of sp³-hybridized carbons (Fsp3) is 1.00. The number of hydrogen-bond donors (Lipinski definition) is 6. The molecule has 10 atom stereocenters. The molecule has 14 heteroatoms. The molecule has 5 unspecified atom stereocenters. The van der Waals surface area contributed by atoms with Crippen molar-refractivity contribution in [2.24, 2.45) is 5.92 Å². The smallest absolute Gasteiger partial charge is 0.394 e. The molecular weight excluding hydrogens is 408 g/mol. The Morgan fingerprint density at radius 1 is 0.929 bits per heavy atom. The third-order valence-electron chi connectivity index (χ3n) is 4.77. The van der Waals surface area contributed by atoms with Crippen LogP contribution in [-0.4, -0.2) is 114 Å². The van der Waals surface area contributed by atoms with E-state index < -0.39 is 84.8 Å². The molecule has 0 aromatic carbocycles. The van der Waals surface area contributed by atoms with Crippen LogP contribution in [0.4, 0.5) is 0 Å². The number of aliphatic hydroxyl groups is 5. The fourth-order valence-corrected chi connectivity index (χ4v) is 3.40. The molecule has 2 fully saturated rings. The largest absolute Gasteiger partial charge is 0.397 e. The Hall–Kier alpha value is -0.490. The van der Waals surface area contributed by atoms with Crippen molar-refractivity contribution < 1.29 is 61.6 Å². The Kier molecular flexibility index (Phi) is 8.11. The third kappa shape index (κ3) is 5.35. The number of rotatable bonds is 7. The van der Waals surface area contributed by atoms with Crippen molar-refractivity contribution in [3.63, 3.8) is 0 Å². The Balaban J connectivity index is 2.19. The van der Waals surface area contributed by atoms with Crippen LogP contribution >= 0.6 is 0 Å². The number of ether oxygens (including phenoxy) is 4. The highest BCUT2D eigenvalue weighted by Gasteiger charge is 2.50. The predicted octanol–water partition coefficient (Wildman–Crippen LogP) is -3.64. The standard InChI is InChI=1S/C14H26O13S/c1-5-8(16)6(3-15)25-14(9(5)17)27-12-7(4-24-28(20,21)22)26-13(23-2)11(19)10(12)18/h5-19H,3-4H2,1-2H3,(H,20,21,22)/t5?,6?,7?,8-,9+,10?,11+,12+,13+,14?/m1/s1. The quantitative estimate of drug-likeness (QED) is 0.214. The summed E-state index contributed by atoms with van der Waals surface area (Å²) in [6.07, 6.45) is -12.6. The lowest BCUT2D eigenvalue weighted by Gasteiger charge is -2.46. The zero-order valence-electron chi connectivity index (χ0n) is 15.1. The van der Waals surface area contributed by atoms with Crippen molar-refractivity contribution in [1.29, 1.82) is 0 Å². The van der Waals surface area contributed by atoms with E-state index in [0.29, 0.717) is 0 Å². The number of methoxy groups -OCH3 is 1. The van der Waals surface area contributed by atoms with Gasteiger partial charge in [-0.15, -0.1) is 0 Å². The monoisotopic (exact) mass is 434 g/mol. The predicted molar refractivity (Wildman–Crippen MR) is 87.0 cm³/mol. The van der Waals surface area contributed by atoms with Gasteiger partial charge in [0.25, 0.3) is 0 Å². The van der Waals surface area contributed by atoms with Gasteiger partial charge in [-0.3, -0.25) is 4.55 Å². The zero-order chi connectivity index (χ0) is 21.2. The van der Waals surface area contributed by atoms with Crippen molar-refractivity contribution in [1.82, 2.24) is 0 Å². The molecule has 28 heavy (non-hydrogen) atoms. The van der Waals surface area contributed by atoms with Crippen molar-refractivity contribution in [2.75, 3.05) is 20.3 Å². The van der Waals surface area contributed by atoms with Gasteiger partial charge in [-0.25, -0.2) is 4.18 Å². The lowest BCUT2D eigenvalue weighted by Crippen LogP contribution is -2.63. The number of aliphatic hydroxyl groups excluding tert-OH is 5. The molecule has 2 saturated heterocycles. The minimum absolute atomic E-state index is 0.578. The minimum atomic E-state index is -4.84. The summed E-state index contributed by atoms with van der Waals surface area (Å²) in [7, 11) is -3.67. The van der Waals surface area contributed by atoms with Crippen molar-refractivity contribution in [3.8, 4) is 0 Å². The summed E-state index contributed by atoms with van der Waals surface area (Å²) in [5.41, 5.74) is 0. The first-order chi connectivity index (χ1) is 13.0. The van der Waals surface area contributed by atoms with Gasteiger partial charge < -0.3 is 44.5 Å². The maximum absolute atomic E-state index is 10.9. The molecule has 2 heterocycles. The molecule has 2 aliphatic heterocycles. The molecule has 0 saturated carbocycles. The van der Waals surface area contributed by atoms with Gasteiger partial charge in [0.05, 0.1) is 19.3 Å². The van der Waals surface area contributed by atoms with E-state index in [1.54, 1.807) is 0 Å². The van der Waals surface area contributed by atoms with Gasteiger partial charge in [0.15, 0.2) is 12.6 Å². The van der Waals surface area contributed by atoms with E-state index in [1.807, 2.05) is 0 Å². The maximum Gasteiger partial charge on any atom is 0.397 e. The van der Waals surface area contributed by atoms with E-state index in [0.717, 1.165) is 0 Å². The molecule has 0 amide bonds. The molecule has 166 valence electrons. The third-order valence-corrected chi connectivity index (χ3v) is 5.21. The van der Waals surface area contributed by atoms with Crippen LogP contribution in [0.5, 0.6) is 0 Å². The van der Waals surface area contributed by atoms with E-state index >= 15 is 0 Å². The van der Waals surface area contributed by atoms with Gasteiger partial charge in [0, 0.05) is 13.0 Å². The van der Waals surface area contributed by atoms with Gasteiger partial charge >= 0.3 is 10.4 Å². The normalized spacial score (nSPS) is 45.1. The number of hydrogen-bond acceptors (Lipinski definition) is 12. The molecule has 0 aromatic heterocycles. The molecule has 0 bridgehead atoms. The lowest BCUT2D eigenvalue weighted by atomic mass is 9.90. The van der Waals surface area contributed by atoms with E-state index in [-0.39, 0.29) is 0 Å². The molecule has 2 aliphatic rings. The highest BCUT2D eigenvalue weighted by molar-refractivity contribution is 7.80. The van der Waals surface area contributed by atoms with Crippen LogP contribution < -0.4 is 0 Å². The van der Waals surface area contributed by atoms with Gasteiger partial charge in [0.1, 0.15) is 36.6 Å². The van der Waals surface area contributed by atoms with Crippen LogP contribution in [-0.2, 0) is 33.5 Å². The first kappa shape index (κ1) is 23.8. The summed E-state index contributed by atoms with van der Waals surface area (Å²) in [6.45, 7) is 0.0996. The van der Waals surface area contributed by atoms with Crippen molar-refractivity contribution in [2.45, 2.75) is 62.2 Å². The SMILES string of the molecule is CO[C@H]1OC(COS(=O)(=O)O)[C@H](OC2OC(CO)[C@H](O)C(C)[C@@H]2O)C(O)[C@@H]1O. The Morgan fingerprint density at radius 2 is 1.54 bits per heavy atom. The van der Waals surface area contributed by atoms with E-state index in [2.05, 4.69) is 4.18 Å². The summed E-state index contributed by atoms with van der Waals surface area (Å²) in [5, 5.41) is 50.0. The van der Waals surface area contributed by atoms with Gasteiger partial charge in [-0.1, -0.05) is 6.92 Å². The molecule has 0 aromatic rings. The van der Waals surface area contributed by atoms with E-state index in [9.17, 15) is 34.0 Å². The average molecular weight is 434 g/mol. The van der Waals surface area contributed by atoms with Gasteiger partial charge in [0.2, 0.25) is 0 Å². The van der Waals surface area contributed by atoms with Crippen molar-refractivity contribution in [3.05, 3.63) is 0 Å². The minimum Gasteiger partial charge on any atom is -0.394 e. The first-order valence-corrected chi connectivity index (χ1v) is 9.80. The second-order valence-electron chi connectivity index (χ2n) is 6.64. The summed E-state index contributed by atoms with van der Waals surface area (Å²) in [4.78, 5) is 0. The van der Waals surface area contributed by atoms with Gasteiger partial charge in [-0.2, -0.15) is 8.42 Å². The molecular formula is C14H26O13S. The van der Waals surface area contributed by atoms with Crippen LogP contribution in [0.3, 0.4) is 0 Å². The molecule has 0 spiro atoms. The zero-order valence-corrected chi connectivity index (χ0v) is 16.0. The van der Waals surface area contributed by atoms with Crippen molar-refractivity contribution >= 4 is 10.4 Å². The van der Waals surface area contributed by atoms with Crippen LogP contribution in [0.1, 0.15) is 6.92 Å². The van der Waals surface area contributed by atoms with E-state index in [4.69, 9.17) is 23.5 Å². The second-order valence-corrected chi connectivity index (χ2v) is 7.73. The van der Waals surface area contributed by atoms with Crippen LogP contribution in [0, 0.1) is 5.92 Å². The fourth-order valence-electron chi connectivity index (χ4n) is 3.10. The highest BCUT2D eigenvalue weighted by Crippen LogP contribution is 2.31. The molecule has 13 nitrogen and oxygen atoms in total. The summed E-state index contributed by atoms with van der Waals surface area (Å²) in [6, 6.07) is 0. The topological polar surface area (TPSA) is 202 Å². The Bertz CT molecular complexity index is 598. The second kappa shape index (κ2) is 9.55. The Labute approximate surface area is 161 Å².